The van der Waals surface area contributed by atoms with Gasteiger partial charge in [-0.1, -0.05) is 23.7 Å². The Morgan fingerprint density at radius 1 is 1.10 bits per heavy atom. The summed E-state index contributed by atoms with van der Waals surface area (Å²) in [6.07, 6.45) is 0. The van der Waals surface area contributed by atoms with E-state index in [1.54, 1.807) is 24.3 Å². The summed E-state index contributed by atoms with van der Waals surface area (Å²) in [7, 11) is 0. The highest BCUT2D eigenvalue weighted by Gasteiger charge is 2.11. The van der Waals surface area contributed by atoms with Crippen molar-refractivity contribution in [3.63, 3.8) is 0 Å². The predicted molar refractivity (Wildman–Crippen MR) is 82.9 cm³/mol. The van der Waals surface area contributed by atoms with Crippen molar-refractivity contribution in [2.24, 2.45) is 0 Å². The Balaban J connectivity index is 2.54. The van der Waals surface area contributed by atoms with E-state index >= 15 is 0 Å². The second-order valence-corrected chi connectivity index (χ2v) is 5.50. The monoisotopic (exact) mass is 350 g/mol. The fourth-order valence-corrected chi connectivity index (χ4v) is 2.71. The van der Waals surface area contributed by atoms with Crippen molar-refractivity contribution >= 4 is 38.4 Å². The first-order chi connectivity index (χ1) is 9.58. The van der Waals surface area contributed by atoms with E-state index < -0.39 is 11.2 Å². The van der Waals surface area contributed by atoms with Gasteiger partial charge in [-0.15, -0.1) is 0 Å². The summed E-state index contributed by atoms with van der Waals surface area (Å²) in [5.74, 6) is 0. The number of aromatic nitrogens is 2. The molecule has 0 aliphatic rings. The Hall–Kier alpha value is -1.85. The minimum absolute atomic E-state index is 0.407. The number of para-hydroxylation sites is 1. The summed E-state index contributed by atoms with van der Waals surface area (Å²) < 4.78 is 2.17. The summed E-state index contributed by atoms with van der Waals surface area (Å²) in [5.41, 5.74) is 0.181. The van der Waals surface area contributed by atoms with E-state index in [9.17, 15) is 9.59 Å². The Bertz CT molecular complexity index is 930. The molecule has 0 saturated carbocycles. The maximum atomic E-state index is 12.2. The quantitative estimate of drug-likeness (QED) is 0.732. The van der Waals surface area contributed by atoms with Crippen LogP contribution in [-0.4, -0.2) is 9.55 Å². The maximum Gasteiger partial charge on any atom is 0.333 e. The molecule has 20 heavy (non-hydrogen) atoms. The van der Waals surface area contributed by atoms with Crippen LogP contribution in [0.3, 0.4) is 0 Å². The molecule has 0 bridgehead atoms. The fourth-order valence-electron chi connectivity index (χ4n) is 2.08. The molecule has 2 aromatic carbocycles. The van der Waals surface area contributed by atoms with Crippen LogP contribution in [0.4, 0.5) is 0 Å². The zero-order chi connectivity index (χ0) is 14.3. The minimum atomic E-state index is -0.503. The molecule has 0 aliphatic heterocycles. The standard InChI is InChI=1S/C14H8BrClN2O2/c15-10-3-1-2-4-11(10)18-12-7-8(16)5-6-9(12)13(19)17-14(18)20/h1-7H,(H,17,19,20). The SMILES string of the molecule is O=c1[nH]c(=O)n(-c2ccccc2Br)c2cc(Cl)ccc12. The van der Waals surface area contributed by atoms with Gasteiger partial charge in [0.05, 0.1) is 16.6 Å². The minimum Gasteiger partial charge on any atom is -0.273 e. The number of hydrogen-bond donors (Lipinski definition) is 1. The van der Waals surface area contributed by atoms with Crippen LogP contribution in [0.1, 0.15) is 0 Å². The molecule has 6 heteroatoms. The number of H-pyrrole nitrogens is 1. The number of hydrogen-bond acceptors (Lipinski definition) is 2. The van der Waals surface area contributed by atoms with E-state index in [4.69, 9.17) is 11.6 Å². The molecule has 0 unspecified atom stereocenters. The van der Waals surface area contributed by atoms with Crippen LogP contribution in [0.2, 0.25) is 5.02 Å². The van der Waals surface area contributed by atoms with Crippen molar-refractivity contribution in [1.82, 2.24) is 9.55 Å². The van der Waals surface area contributed by atoms with E-state index in [-0.39, 0.29) is 0 Å². The van der Waals surface area contributed by atoms with E-state index in [2.05, 4.69) is 20.9 Å². The first kappa shape index (κ1) is 13.1. The topological polar surface area (TPSA) is 54.9 Å². The van der Waals surface area contributed by atoms with Crippen LogP contribution in [-0.2, 0) is 0 Å². The van der Waals surface area contributed by atoms with Gasteiger partial charge in [-0.25, -0.2) is 4.79 Å². The zero-order valence-corrected chi connectivity index (χ0v) is 12.4. The van der Waals surface area contributed by atoms with Gasteiger partial charge < -0.3 is 0 Å². The van der Waals surface area contributed by atoms with Gasteiger partial charge >= 0.3 is 5.69 Å². The van der Waals surface area contributed by atoms with E-state index in [0.717, 1.165) is 4.47 Å². The van der Waals surface area contributed by atoms with Crippen LogP contribution in [0.15, 0.2) is 56.5 Å². The average Bonchev–Trinajstić information content (AvgIpc) is 2.40. The first-order valence-corrected chi connectivity index (χ1v) is 6.94. The number of nitrogens with one attached hydrogen (secondary N) is 1. The predicted octanol–water partition coefficient (Wildman–Crippen LogP) is 3.09. The third-order valence-corrected chi connectivity index (χ3v) is 3.87. The van der Waals surface area contributed by atoms with Crippen molar-refractivity contribution < 1.29 is 0 Å². The summed E-state index contributed by atoms with van der Waals surface area (Å²) in [6, 6.07) is 12.1. The van der Waals surface area contributed by atoms with E-state index in [1.807, 2.05) is 18.2 Å². The molecule has 0 fully saturated rings. The smallest absolute Gasteiger partial charge is 0.273 e. The van der Waals surface area contributed by atoms with Gasteiger partial charge in [0.15, 0.2) is 0 Å². The fraction of sp³-hybridized carbons (Fsp3) is 0. The van der Waals surface area contributed by atoms with Crippen LogP contribution < -0.4 is 11.2 Å². The molecular formula is C14H8BrClN2O2. The van der Waals surface area contributed by atoms with Crippen molar-refractivity contribution in [3.8, 4) is 5.69 Å². The molecule has 1 aromatic heterocycles. The van der Waals surface area contributed by atoms with Gasteiger partial charge in [0, 0.05) is 9.50 Å². The summed E-state index contributed by atoms with van der Waals surface area (Å²) in [6.45, 7) is 0. The normalized spacial score (nSPS) is 10.9. The van der Waals surface area contributed by atoms with Gasteiger partial charge in [-0.3, -0.25) is 14.3 Å². The highest BCUT2D eigenvalue weighted by molar-refractivity contribution is 9.10. The van der Waals surface area contributed by atoms with Gasteiger partial charge in [-0.05, 0) is 46.3 Å². The molecule has 0 radical (unpaired) electrons. The van der Waals surface area contributed by atoms with Gasteiger partial charge in [0.2, 0.25) is 0 Å². The molecule has 1 N–H and O–H groups in total. The van der Waals surface area contributed by atoms with Gasteiger partial charge in [-0.2, -0.15) is 0 Å². The van der Waals surface area contributed by atoms with Crippen LogP contribution in [0.25, 0.3) is 16.6 Å². The lowest BCUT2D eigenvalue weighted by Crippen LogP contribution is -2.29. The lowest BCUT2D eigenvalue weighted by molar-refractivity contribution is 0.939. The number of nitrogens with zero attached hydrogens (tertiary/aromatic N) is 1. The highest BCUT2D eigenvalue weighted by Crippen LogP contribution is 2.23. The highest BCUT2D eigenvalue weighted by atomic mass is 79.9. The number of rotatable bonds is 1. The summed E-state index contributed by atoms with van der Waals surface area (Å²) >= 11 is 9.39. The molecule has 4 nitrogen and oxygen atoms in total. The Kier molecular flexibility index (Phi) is 3.23. The first-order valence-electron chi connectivity index (χ1n) is 5.77. The summed E-state index contributed by atoms with van der Waals surface area (Å²) in [4.78, 5) is 26.3. The Morgan fingerprint density at radius 3 is 2.60 bits per heavy atom. The largest absolute Gasteiger partial charge is 0.333 e. The van der Waals surface area contributed by atoms with Crippen molar-refractivity contribution in [3.05, 3.63) is 72.8 Å². The van der Waals surface area contributed by atoms with Crippen LogP contribution in [0.5, 0.6) is 0 Å². The molecule has 0 atom stereocenters. The van der Waals surface area contributed by atoms with Crippen molar-refractivity contribution in [2.45, 2.75) is 0 Å². The number of benzene rings is 2. The molecule has 1 heterocycles. The molecule has 100 valence electrons. The second kappa shape index (κ2) is 4.92. The van der Waals surface area contributed by atoms with Gasteiger partial charge in [0.1, 0.15) is 0 Å². The Labute approximate surface area is 126 Å². The number of fused-ring (bicyclic) bond motifs is 1. The zero-order valence-electron chi connectivity index (χ0n) is 10.1. The van der Waals surface area contributed by atoms with Crippen molar-refractivity contribution in [2.75, 3.05) is 0 Å². The lowest BCUT2D eigenvalue weighted by Gasteiger charge is -2.11. The molecular weight excluding hydrogens is 344 g/mol. The second-order valence-electron chi connectivity index (χ2n) is 4.21. The Morgan fingerprint density at radius 2 is 1.85 bits per heavy atom. The third-order valence-electron chi connectivity index (χ3n) is 2.96. The third kappa shape index (κ3) is 2.09. The van der Waals surface area contributed by atoms with E-state index in [0.29, 0.717) is 21.6 Å². The van der Waals surface area contributed by atoms with E-state index in [1.165, 1.54) is 4.57 Å². The van der Waals surface area contributed by atoms with Gasteiger partial charge in [0.25, 0.3) is 5.56 Å². The van der Waals surface area contributed by atoms with Crippen LogP contribution >= 0.6 is 27.5 Å². The molecule has 3 rings (SSSR count). The summed E-state index contributed by atoms with van der Waals surface area (Å²) in [5, 5.41) is 0.869. The van der Waals surface area contributed by atoms with Crippen molar-refractivity contribution in [1.29, 1.82) is 0 Å². The molecule has 0 amide bonds. The number of aromatic amines is 1. The number of halogens is 2. The van der Waals surface area contributed by atoms with Crippen LogP contribution in [0, 0.1) is 0 Å². The lowest BCUT2D eigenvalue weighted by atomic mass is 10.2. The molecule has 0 aliphatic carbocycles. The molecule has 0 spiro atoms. The molecule has 0 saturated heterocycles. The maximum absolute atomic E-state index is 12.2. The molecule has 3 aromatic rings. The average molecular weight is 352 g/mol.